The first-order valence-corrected chi connectivity index (χ1v) is 8.80. The maximum absolute atomic E-state index is 13.8. The summed E-state index contributed by atoms with van der Waals surface area (Å²) in [4.78, 5) is 26.0. The lowest BCUT2D eigenvalue weighted by molar-refractivity contribution is -0.123. The molecule has 0 saturated carbocycles. The highest BCUT2D eigenvalue weighted by atomic mass is 35.5. The van der Waals surface area contributed by atoms with Crippen LogP contribution in [0.25, 0.3) is 0 Å². The van der Waals surface area contributed by atoms with Crippen LogP contribution in [0.4, 0.5) is 8.78 Å². The molecule has 3 rings (SSSR count). The number of amides is 2. The van der Waals surface area contributed by atoms with Gasteiger partial charge >= 0.3 is 0 Å². The van der Waals surface area contributed by atoms with Gasteiger partial charge in [0.15, 0.2) is 0 Å². The Morgan fingerprint density at radius 3 is 2.58 bits per heavy atom. The highest BCUT2D eigenvalue weighted by Crippen LogP contribution is 2.21. The van der Waals surface area contributed by atoms with Gasteiger partial charge in [-0.15, -0.1) is 12.4 Å². The summed E-state index contributed by atoms with van der Waals surface area (Å²) < 4.78 is 27.7. The predicted octanol–water partition coefficient (Wildman–Crippen LogP) is 2.11. The van der Waals surface area contributed by atoms with Crippen LogP contribution in [0.5, 0.6) is 0 Å². The van der Waals surface area contributed by atoms with Crippen molar-refractivity contribution in [3.63, 3.8) is 0 Å². The lowest BCUT2D eigenvalue weighted by Crippen LogP contribution is -2.47. The molecule has 2 aliphatic heterocycles. The molecule has 2 atom stereocenters. The molecule has 144 valence electrons. The summed E-state index contributed by atoms with van der Waals surface area (Å²) in [6.45, 7) is 2.20. The molecule has 26 heavy (non-hydrogen) atoms. The standard InChI is InChI=1S/C18H23F2N3O2.ClH/c19-13-5-1-6-14(20)16(13)18(25)23-9-3-4-12(11-23)10-22-17(24)15-7-2-8-21-15;/h1,5-6,12,15,21H,2-4,7-11H2,(H,22,24);1H. The molecule has 0 aromatic heterocycles. The van der Waals surface area contributed by atoms with Crippen molar-refractivity contribution in [1.82, 2.24) is 15.5 Å². The minimum Gasteiger partial charge on any atom is -0.354 e. The van der Waals surface area contributed by atoms with Gasteiger partial charge in [0.05, 0.1) is 6.04 Å². The highest BCUT2D eigenvalue weighted by Gasteiger charge is 2.29. The number of benzene rings is 1. The molecule has 2 amide bonds. The molecular formula is C18H24ClF2N3O2. The van der Waals surface area contributed by atoms with Crippen molar-refractivity contribution in [2.24, 2.45) is 5.92 Å². The highest BCUT2D eigenvalue weighted by molar-refractivity contribution is 5.94. The van der Waals surface area contributed by atoms with E-state index < -0.39 is 23.1 Å². The van der Waals surface area contributed by atoms with Crippen molar-refractivity contribution in [2.45, 2.75) is 31.7 Å². The monoisotopic (exact) mass is 387 g/mol. The third kappa shape index (κ3) is 4.71. The van der Waals surface area contributed by atoms with Gasteiger partial charge in [0.2, 0.25) is 5.91 Å². The number of nitrogens with zero attached hydrogens (tertiary/aromatic N) is 1. The van der Waals surface area contributed by atoms with Gasteiger partial charge in [-0.05, 0) is 50.3 Å². The van der Waals surface area contributed by atoms with Crippen LogP contribution in [0.3, 0.4) is 0 Å². The number of likely N-dealkylation sites (tertiary alicyclic amines) is 1. The van der Waals surface area contributed by atoms with Crippen LogP contribution in [0.15, 0.2) is 18.2 Å². The second-order valence-corrected chi connectivity index (χ2v) is 6.75. The molecule has 1 aromatic rings. The summed E-state index contributed by atoms with van der Waals surface area (Å²) in [6, 6.07) is 3.29. The maximum atomic E-state index is 13.8. The molecule has 2 saturated heterocycles. The molecule has 1 aromatic carbocycles. The van der Waals surface area contributed by atoms with Crippen LogP contribution in [-0.2, 0) is 4.79 Å². The van der Waals surface area contributed by atoms with Crippen LogP contribution in [0.1, 0.15) is 36.0 Å². The van der Waals surface area contributed by atoms with Gasteiger partial charge in [0, 0.05) is 19.6 Å². The van der Waals surface area contributed by atoms with Crippen LogP contribution < -0.4 is 10.6 Å². The Labute approximate surface area is 157 Å². The maximum Gasteiger partial charge on any atom is 0.259 e. The van der Waals surface area contributed by atoms with E-state index in [1.807, 2.05) is 0 Å². The number of carbonyl (C=O) groups excluding carboxylic acids is 2. The number of carbonyl (C=O) groups is 2. The van der Waals surface area contributed by atoms with Gasteiger partial charge in [0.1, 0.15) is 17.2 Å². The zero-order chi connectivity index (χ0) is 17.8. The zero-order valence-corrected chi connectivity index (χ0v) is 15.3. The summed E-state index contributed by atoms with van der Waals surface area (Å²) in [6.07, 6.45) is 3.47. The fourth-order valence-electron chi connectivity index (χ4n) is 3.55. The molecule has 2 aliphatic rings. The van der Waals surface area contributed by atoms with Gasteiger partial charge in [-0.25, -0.2) is 8.78 Å². The summed E-state index contributed by atoms with van der Waals surface area (Å²) >= 11 is 0. The molecular weight excluding hydrogens is 364 g/mol. The first-order chi connectivity index (χ1) is 12.1. The Morgan fingerprint density at radius 1 is 1.19 bits per heavy atom. The fourth-order valence-corrected chi connectivity index (χ4v) is 3.55. The minimum absolute atomic E-state index is 0. The smallest absolute Gasteiger partial charge is 0.259 e. The van der Waals surface area contributed by atoms with E-state index in [-0.39, 0.29) is 30.3 Å². The Hall–Kier alpha value is -1.73. The van der Waals surface area contributed by atoms with E-state index >= 15 is 0 Å². The van der Waals surface area contributed by atoms with E-state index in [1.165, 1.54) is 11.0 Å². The summed E-state index contributed by atoms with van der Waals surface area (Å²) in [5.74, 6) is -2.22. The molecule has 0 radical (unpaired) electrons. The number of halogens is 3. The average molecular weight is 388 g/mol. The molecule has 2 fully saturated rings. The summed E-state index contributed by atoms with van der Waals surface area (Å²) in [5.41, 5.74) is -0.498. The van der Waals surface area contributed by atoms with E-state index in [9.17, 15) is 18.4 Å². The van der Waals surface area contributed by atoms with Crippen molar-refractivity contribution >= 4 is 24.2 Å². The first kappa shape index (κ1) is 20.6. The lowest BCUT2D eigenvalue weighted by atomic mass is 9.97. The molecule has 2 N–H and O–H groups in total. The lowest BCUT2D eigenvalue weighted by Gasteiger charge is -2.33. The number of piperidine rings is 1. The van der Waals surface area contributed by atoms with Gasteiger partial charge in [0.25, 0.3) is 5.91 Å². The van der Waals surface area contributed by atoms with E-state index in [2.05, 4.69) is 10.6 Å². The van der Waals surface area contributed by atoms with Crippen LogP contribution >= 0.6 is 12.4 Å². The van der Waals surface area contributed by atoms with Crippen molar-refractivity contribution in [3.8, 4) is 0 Å². The molecule has 5 nitrogen and oxygen atoms in total. The predicted molar refractivity (Wildman–Crippen MR) is 96.3 cm³/mol. The van der Waals surface area contributed by atoms with E-state index in [0.717, 1.165) is 44.4 Å². The molecule has 2 unspecified atom stereocenters. The number of hydrogen-bond acceptors (Lipinski definition) is 3. The summed E-state index contributed by atoms with van der Waals surface area (Å²) in [7, 11) is 0. The van der Waals surface area contributed by atoms with E-state index in [0.29, 0.717) is 19.6 Å². The molecule has 0 spiro atoms. The minimum atomic E-state index is -0.840. The first-order valence-electron chi connectivity index (χ1n) is 8.80. The number of nitrogens with one attached hydrogen (secondary N) is 2. The average Bonchev–Trinajstić information content (AvgIpc) is 3.14. The van der Waals surface area contributed by atoms with E-state index in [1.54, 1.807) is 0 Å². The SMILES string of the molecule is Cl.O=C(NCC1CCCN(C(=O)c2c(F)cccc2F)C1)C1CCCN1. The number of rotatable bonds is 4. The topological polar surface area (TPSA) is 61.4 Å². The molecule has 0 aliphatic carbocycles. The normalized spacial score (nSPS) is 22.6. The van der Waals surface area contributed by atoms with Crippen LogP contribution in [0, 0.1) is 17.6 Å². The molecule has 8 heteroatoms. The molecule has 2 heterocycles. The van der Waals surface area contributed by atoms with Crippen LogP contribution in [0.2, 0.25) is 0 Å². The van der Waals surface area contributed by atoms with Gasteiger partial charge in [-0.2, -0.15) is 0 Å². The molecule has 0 bridgehead atoms. The Bertz CT molecular complexity index is 633. The van der Waals surface area contributed by atoms with Crippen molar-refractivity contribution in [3.05, 3.63) is 35.4 Å². The second kappa shape index (κ2) is 9.28. The number of hydrogen-bond donors (Lipinski definition) is 2. The largest absolute Gasteiger partial charge is 0.354 e. The van der Waals surface area contributed by atoms with Crippen molar-refractivity contribution < 1.29 is 18.4 Å². The van der Waals surface area contributed by atoms with E-state index in [4.69, 9.17) is 0 Å². The van der Waals surface area contributed by atoms with Crippen molar-refractivity contribution in [1.29, 1.82) is 0 Å². The second-order valence-electron chi connectivity index (χ2n) is 6.75. The van der Waals surface area contributed by atoms with Gasteiger partial charge < -0.3 is 15.5 Å². The van der Waals surface area contributed by atoms with Crippen LogP contribution in [-0.4, -0.2) is 48.9 Å². The van der Waals surface area contributed by atoms with Gasteiger partial charge in [-0.3, -0.25) is 9.59 Å². The third-order valence-electron chi connectivity index (χ3n) is 4.92. The quantitative estimate of drug-likeness (QED) is 0.831. The van der Waals surface area contributed by atoms with Crippen molar-refractivity contribution in [2.75, 3.05) is 26.2 Å². The Balaban J connectivity index is 0.00000243. The third-order valence-corrected chi connectivity index (χ3v) is 4.92. The Morgan fingerprint density at radius 2 is 1.92 bits per heavy atom. The zero-order valence-electron chi connectivity index (χ0n) is 14.5. The fraction of sp³-hybridized carbons (Fsp3) is 0.556. The van der Waals surface area contributed by atoms with Gasteiger partial charge in [-0.1, -0.05) is 6.07 Å². The Kier molecular flexibility index (Phi) is 7.34. The summed E-state index contributed by atoms with van der Waals surface area (Å²) in [5, 5.41) is 6.07.